The molecule has 5 nitrogen and oxygen atoms in total. The summed E-state index contributed by atoms with van der Waals surface area (Å²) in [5, 5.41) is 10.9. The summed E-state index contributed by atoms with van der Waals surface area (Å²) < 4.78 is 6.42. The Morgan fingerprint density at radius 1 is 1.05 bits per heavy atom. The third-order valence-corrected chi connectivity index (χ3v) is 9.16. The van der Waals surface area contributed by atoms with Crippen molar-refractivity contribution >= 4 is 17.3 Å². The molecule has 1 aliphatic heterocycles. The highest BCUT2D eigenvalue weighted by Crippen LogP contribution is 2.68. The maximum atomic E-state index is 15.0. The van der Waals surface area contributed by atoms with Gasteiger partial charge in [-0.05, 0) is 72.1 Å². The van der Waals surface area contributed by atoms with Gasteiger partial charge in [0.2, 0.25) is 0 Å². The van der Waals surface area contributed by atoms with Crippen molar-refractivity contribution in [3.63, 3.8) is 0 Å². The molecule has 0 amide bonds. The van der Waals surface area contributed by atoms with Gasteiger partial charge in [-0.25, -0.2) is 0 Å². The number of aliphatic hydroxyl groups is 1. The van der Waals surface area contributed by atoms with E-state index in [4.69, 9.17) is 4.74 Å². The third-order valence-electron chi connectivity index (χ3n) is 9.16. The standard InChI is InChI=1S/C33H42O5/c1-20(2)14-15-23-19-32(17-16-21(3)4)27(35)24-18-25(31(7,8)37)38-28(24)33(29(32)36,30(23,5)6)26(34)22-12-10-9-11-13-22/h9-14,16,23,25,37H,15,17-19H2,1-8H3/t23-,25+,32-,33+/m1/s1. The molecule has 1 N–H and O–H groups in total. The van der Waals surface area contributed by atoms with Crippen molar-refractivity contribution in [2.24, 2.45) is 22.2 Å². The number of fused-ring (bicyclic) bond motifs is 3. The molecule has 0 saturated heterocycles. The minimum Gasteiger partial charge on any atom is -0.489 e. The van der Waals surface area contributed by atoms with Crippen LogP contribution in [0.1, 0.15) is 91.4 Å². The first-order chi connectivity index (χ1) is 17.6. The molecule has 2 bridgehead atoms. The molecule has 2 aliphatic carbocycles. The van der Waals surface area contributed by atoms with E-state index in [0.717, 1.165) is 11.1 Å². The number of rotatable bonds is 7. The van der Waals surface area contributed by atoms with Gasteiger partial charge in [0.25, 0.3) is 0 Å². The highest BCUT2D eigenvalue weighted by Gasteiger charge is 2.76. The molecule has 0 aromatic heterocycles. The number of carbonyl (C=O) groups is 3. The first-order valence-electron chi connectivity index (χ1n) is 13.7. The number of ketones is 3. The Hall–Kier alpha value is -2.79. The van der Waals surface area contributed by atoms with E-state index >= 15 is 4.79 Å². The van der Waals surface area contributed by atoms with Crippen LogP contribution in [0.3, 0.4) is 0 Å². The summed E-state index contributed by atoms with van der Waals surface area (Å²) in [6.07, 6.45) is 4.83. The predicted molar refractivity (Wildman–Crippen MR) is 148 cm³/mol. The van der Waals surface area contributed by atoms with Crippen molar-refractivity contribution in [2.45, 2.75) is 92.8 Å². The average molecular weight is 519 g/mol. The number of carbonyl (C=O) groups excluding carboxylic acids is 3. The molecule has 1 heterocycles. The monoisotopic (exact) mass is 518 g/mol. The molecule has 1 fully saturated rings. The Balaban J connectivity index is 2.08. The van der Waals surface area contributed by atoms with Crippen LogP contribution in [0.2, 0.25) is 0 Å². The molecule has 5 heteroatoms. The van der Waals surface area contributed by atoms with Crippen LogP contribution >= 0.6 is 0 Å². The van der Waals surface area contributed by atoms with Crippen molar-refractivity contribution in [3.8, 4) is 0 Å². The zero-order valence-corrected chi connectivity index (χ0v) is 24.1. The van der Waals surface area contributed by atoms with E-state index in [9.17, 15) is 14.7 Å². The second-order valence-corrected chi connectivity index (χ2v) is 13.1. The van der Waals surface area contributed by atoms with Crippen LogP contribution in [0, 0.1) is 22.2 Å². The molecule has 0 spiro atoms. The van der Waals surface area contributed by atoms with Gasteiger partial charge in [-0.3, -0.25) is 14.4 Å². The molecule has 1 saturated carbocycles. The lowest BCUT2D eigenvalue weighted by Gasteiger charge is -2.59. The average Bonchev–Trinajstić information content (AvgIpc) is 3.29. The number of hydrogen-bond donors (Lipinski definition) is 1. The maximum absolute atomic E-state index is 15.0. The van der Waals surface area contributed by atoms with Crippen LogP contribution in [-0.2, 0) is 14.3 Å². The Morgan fingerprint density at radius 3 is 2.21 bits per heavy atom. The van der Waals surface area contributed by atoms with Gasteiger partial charge in [0.1, 0.15) is 11.9 Å². The van der Waals surface area contributed by atoms with Gasteiger partial charge in [0, 0.05) is 17.6 Å². The van der Waals surface area contributed by atoms with E-state index in [2.05, 4.69) is 6.08 Å². The topological polar surface area (TPSA) is 80.7 Å². The Kier molecular flexibility index (Phi) is 7.01. The van der Waals surface area contributed by atoms with E-state index < -0.39 is 27.9 Å². The Bertz CT molecular complexity index is 1250. The lowest BCUT2D eigenvalue weighted by atomic mass is 9.39. The van der Waals surface area contributed by atoms with E-state index in [1.54, 1.807) is 38.1 Å². The molecule has 0 unspecified atom stereocenters. The predicted octanol–water partition coefficient (Wildman–Crippen LogP) is 6.57. The number of ether oxygens (including phenoxy) is 1. The molecule has 4 atom stereocenters. The zero-order valence-electron chi connectivity index (χ0n) is 24.1. The van der Waals surface area contributed by atoms with Crippen LogP contribution in [0.4, 0.5) is 0 Å². The van der Waals surface area contributed by atoms with Crippen LogP contribution in [0.15, 0.2) is 65.0 Å². The quantitative estimate of drug-likeness (QED) is 0.251. The highest BCUT2D eigenvalue weighted by atomic mass is 16.5. The van der Waals surface area contributed by atoms with E-state index in [1.165, 1.54) is 0 Å². The van der Waals surface area contributed by atoms with Gasteiger partial charge in [0.15, 0.2) is 22.8 Å². The summed E-state index contributed by atoms with van der Waals surface area (Å²) in [4.78, 5) is 44.2. The molecule has 4 rings (SSSR count). The molecule has 0 radical (unpaired) electrons. The van der Waals surface area contributed by atoms with Gasteiger partial charge in [-0.15, -0.1) is 0 Å². The lowest BCUT2D eigenvalue weighted by Crippen LogP contribution is -2.68. The number of hydrogen-bond acceptors (Lipinski definition) is 5. The van der Waals surface area contributed by atoms with Crippen molar-refractivity contribution in [3.05, 3.63) is 70.5 Å². The van der Waals surface area contributed by atoms with Crippen molar-refractivity contribution in [1.82, 2.24) is 0 Å². The van der Waals surface area contributed by atoms with Crippen LogP contribution in [0.5, 0.6) is 0 Å². The van der Waals surface area contributed by atoms with E-state index in [0.29, 0.717) is 24.0 Å². The molecule has 38 heavy (non-hydrogen) atoms. The molecular formula is C33H42O5. The van der Waals surface area contributed by atoms with Gasteiger partial charge in [0.05, 0.1) is 11.0 Å². The van der Waals surface area contributed by atoms with Gasteiger partial charge in [-0.2, -0.15) is 0 Å². The summed E-state index contributed by atoms with van der Waals surface area (Å²) in [5.41, 5.74) is -2.16. The third kappa shape index (κ3) is 4.05. The first kappa shape index (κ1) is 28.2. The summed E-state index contributed by atoms with van der Waals surface area (Å²) in [5.74, 6) is -0.872. The van der Waals surface area contributed by atoms with Crippen molar-refractivity contribution in [1.29, 1.82) is 0 Å². The number of allylic oxidation sites excluding steroid dienone is 5. The molecule has 3 aliphatic rings. The minimum absolute atomic E-state index is 0.129. The van der Waals surface area contributed by atoms with Gasteiger partial charge in [-0.1, -0.05) is 67.5 Å². The van der Waals surface area contributed by atoms with Crippen molar-refractivity contribution in [2.75, 3.05) is 0 Å². The van der Waals surface area contributed by atoms with Gasteiger partial charge < -0.3 is 9.84 Å². The smallest absolute Gasteiger partial charge is 0.184 e. The largest absolute Gasteiger partial charge is 0.489 e. The molecular weight excluding hydrogens is 476 g/mol. The second-order valence-electron chi connectivity index (χ2n) is 13.1. The summed E-state index contributed by atoms with van der Waals surface area (Å²) in [6.45, 7) is 15.2. The summed E-state index contributed by atoms with van der Waals surface area (Å²) in [7, 11) is 0. The van der Waals surface area contributed by atoms with Crippen LogP contribution in [-0.4, -0.2) is 34.2 Å². The normalized spacial score (nSPS) is 29.9. The Labute approximate surface area is 227 Å². The first-order valence-corrected chi connectivity index (χ1v) is 13.7. The molecule has 1 aromatic rings. The number of Topliss-reactive ketones (excluding diaryl/α,β-unsaturated/α-hetero) is 3. The molecule has 204 valence electrons. The minimum atomic E-state index is -1.68. The fourth-order valence-corrected chi connectivity index (χ4v) is 6.75. The SMILES string of the molecule is CC(C)=CC[C@@H]1C[C@]2(CC=C(C)C)C(=O)C3=C(O[C@H](C(C)(C)O)C3)[C@@](C(=O)c3ccccc3)(C2=O)C1(C)C. The zero-order chi connectivity index (χ0) is 28.3. The molecule has 1 aromatic carbocycles. The van der Waals surface area contributed by atoms with E-state index in [-0.39, 0.29) is 41.9 Å². The summed E-state index contributed by atoms with van der Waals surface area (Å²) >= 11 is 0. The summed E-state index contributed by atoms with van der Waals surface area (Å²) in [6, 6.07) is 8.89. The second kappa shape index (κ2) is 9.44. The van der Waals surface area contributed by atoms with Crippen LogP contribution in [0.25, 0.3) is 0 Å². The number of benzene rings is 1. The van der Waals surface area contributed by atoms with Crippen LogP contribution < -0.4 is 0 Å². The Morgan fingerprint density at radius 2 is 1.66 bits per heavy atom. The fourth-order valence-electron chi connectivity index (χ4n) is 6.75. The lowest BCUT2D eigenvalue weighted by molar-refractivity contribution is -0.165. The van der Waals surface area contributed by atoms with Crippen molar-refractivity contribution < 1.29 is 24.2 Å². The van der Waals surface area contributed by atoms with E-state index in [1.807, 2.05) is 53.7 Å². The highest BCUT2D eigenvalue weighted by molar-refractivity contribution is 6.30. The van der Waals surface area contributed by atoms with Gasteiger partial charge >= 0.3 is 0 Å². The maximum Gasteiger partial charge on any atom is 0.184 e. The fraction of sp³-hybridized carbons (Fsp3) is 0.545.